The number of ether oxygens (including phenoxy) is 1. The molecule has 0 aliphatic carbocycles. The summed E-state index contributed by atoms with van der Waals surface area (Å²) in [5, 5.41) is 9.46. The normalized spacial score (nSPS) is 14.2. The van der Waals surface area contributed by atoms with Crippen LogP contribution in [0.2, 0.25) is 0 Å². The van der Waals surface area contributed by atoms with Gasteiger partial charge in [0.1, 0.15) is 35.0 Å². The summed E-state index contributed by atoms with van der Waals surface area (Å²) in [4.78, 5) is 36.6. The van der Waals surface area contributed by atoms with Crippen LogP contribution in [0.25, 0.3) is 16.9 Å². The summed E-state index contributed by atoms with van der Waals surface area (Å²) >= 11 is 0. The van der Waals surface area contributed by atoms with Gasteiger partial charge >= 0.3 is 5.69 Å². The number of hydrogen-bond acceptors (Lipinski definition) is 7. The number of carbonyl (C=O) groups is 1. The highest BCUT2D eigenvalue weighted by molar-refractivity contribution is 5.97. The Morgan fingerprint density at radius 1 is 1.10 bits per heavy atom. The fourth-order valence-corrected chi connectivity index (χ4v) is 4.65. The first-order valence-corrected chi connectivity index (χ1v) is 12.6. The first kappa shape index (κ1) is 25.7. The zero-order chi connectivity index (χ0) is 27.7. The van der Waals surface area contributed by atoms with Gasteiger partial charge in [-0.3, -0.25) is 13.9 Å². The third kappa shape index (κ3) is 5.25. The van der Waals surface area contributed by atoms with E-state index in [1.54, 1.807) is 39.8 Å². The SMILES string of the molecule is CC(C)(C)/C=C(/C#N)C(=O)N1CC(Cn2c(=O)n(-c3ccc(Oc4ccccc4)cc3)c3c(N)ncnc32)C1. The number of rotatable bonds is 6. The van der Waals surface area contributed by atoms with Gasteiger partial charge in [0.15, 0.2) is 11.5 Å². The molecule has 0 saturated carbocycles. The molecule has 4 aromatic rings. The number of carbonyl (C=O) groups excluding carboxylic acids is 1. The highest BCUT2D eigenvalue weighted by Crippen LogP contribution is 2.27. The Morgan fingerprint density at radius 2 is 1.77 bits per heavy atom. The first-order chi connectivity index (χ1) is 18.6. The average molecular weight is 524 g/mol. The van der Waals surface area contributed by atoms with Crippen LogP contribution in [0.15, 0.2) is 77.4 Å². The van der Waals surface area contributed by atoms with E-state index in [9.17, 15) is 14.9 Å². The smallest absolute Gasteiger partial charge is 0.335 e. The van der Waals surface area contributed by atoms with Gasteiger partial charge in [0.2, 0.25) is 0 Å². The minimum absolute atomic E-state index is 0.0260. The molecule has 39 heavy (non-hydrogen) atoms. The summed E-state index contributed by atoms with van der Waals surface area (Å²) in [6.07, 6.45) is 3.03. The van der Waals surface area contributed by atoms with Crippen LogP contribution in [0.3, 0.4) is 0 Å². The molecule has 0 unspecified atom stereocenters. The molecular weight excluding hydrogens is 494 g/mol. The molecule has 2 aromatic heterocycles. The predicted octanol–water partition coefficient (Wildman–Crippen LogP) is 3.91. The fraction of sp³-hybridized carbons (Fsp3) is 0.276. The second-order valence-corrected chi connectivity index (χ2v) is 10.7. The van der Waals surface area contributed by atoms with Crippen molar-refractivity contribution in [1.82, 2.24) is 24.0 Å². The largest absolute Gasteiger partial charge is 0.457 e. The molecule has 1 fully saturated rings. The van der Waals surface area contributed by atoms with E-state index in [2.05, 4.69) is 9.97 Å². The van der Waals surface area contributed by atoms with E-state index in [4.69, 9.17) is 10.5 Å². The van der Waals surface area contributed by atoms with Gasteiger partial charge in [0, 0.05) is 25.6 Å². The number of nitriles is 1. The van der Waals surface area contributed by atoms with Crippen molar-refractivity contribution in [3.05, 3.63) is 83.1 Å². The molecule has 0 bridgehead atoms. The third-order valence-corrected chi connectivity index (χ3v) is 6.42. The molecule has 10 nitrogen and oxygen atoms in total. The molecule has 1 aliphatic rings. The fourth-order valence-electron chi connectivity index (χ4n) is 4.65. The molecule has 198 valence electrons. The monoisotopic (exact) mass is 523 g/mol. The number of anilines is 1. The molecule has 0 atom stereocenters. The van der Waals surface area contributed by atoms with Crippen molar-refractivity contribution < 1.29 is 9.53 Å². The second-order valence-electron chi connectivity index (χ2n) is 10.7. The van der Waals surface area contributed by atoms with E-state index in [0.717, 1.165) is 0 Å². The van der Waals surface area contributed by atoms with Crippen LogP contribution in [0.5, 0.6) is 11.5 Å². The number of hydrogen-bond donors (Lipinski definition) is 1. The molecule has 1 aliphatic heterocycles. The van der Waals surface area contributed by atoms with Gasteiger partial charge in [0.05, 0.1) is 5.69 Å². The molecule has 5 rings (SSSR count). The number of para-hydroxylation sites is 1. The number of imidazole rings is 1. The summed E-state index contributed by atoms with van der Waals surface area (Å²) < 4.78 is 8.95. The number of aromatic nitrogens is 4. The van der Waals surface area contributed by atoms with Crippen molar-refractivity contribution >= 4 is 22.9 Å². The van der Waals surface area contributed by atoms with E-state index in [-0.39, 0.29) is 34.3 Å². The Labute approximate surface area is 225 Å². The number of fused-ring (bicyclic) bond motifs is 1. The molecule has 3 heterocycles. The van der Waals surface area contributed by atoms with E-state index < -0.39 is 0 Å². The number of likely N-dealkylation sites (tertiary alicyclic amines) is 1. The zero-order valence-electron chi connectivity index (χ0n) is 22.0. The number of nitrogens with two attached hydrogens (primary N) is 1. The number of allylic oxidation sites excluding steroid dienone is 1. The van der Waals surface area contributed by atoms with E-state index in [1.807, 2.05) is 57.2 Å². The molecule has 2 N–H and O–H groups in total. The maximum atomic E-state index is 13.7. The van der Waals surface area contributed by atoms with Gasteiger partial charge in [-0.1, -0.05) is 45.0 Å². The standard InChI is InChI=1S/C29H29N7O3/c1-29(2,3)13-20(14-30)27(37)34-15-19(16-34)17-35-26-24(25(31)32-18-33-26)36(28(35)38)21-9-11-23(12-10-21)39-22-7-5-4-6-8-22/h4-13,18-19H,15-17H2,1-3H3,(H2,31,32,33)/b20-13-. The second kappa shape index (κ2) is 10.1. The number of benzene rings is 2. The molecule has 0 radical (unpaired) electrons. The summed E-state index contributed by atoms with van der Waals surface area (Å²) in [7, 11) is 0. The van der Waals surface area contributed by atoms with Crippen molar-refractivity contribution in [2.45, 2.75) is 27.3 Å². The Morgan fingerprint density at radius 3 is 2.41 bits per heavy atom. The van der Waals surface area contributed by atoms with Gasteiger partial charge < -0.3 is 15.4 Å². The Kier molecular flexibility index (Phi) is 6.66. The lowest BCUT2D eigenvalue weighted by Crippen LogP contribution is -2.52. The lowest BCUT2D eigenvalue weighted by molar-refractivity contribution is -0.133. The molecule has 1 saturated heterocycles. The van der Waals surface area contributed by atoms with Crippen molar-refractivity contribution in [3.63, 3.8) is 0 Å². The lowest BCUT2D eigenvalue weighted by Gasteiger charge is -2.39. The molecule has 0 spiro atoms. The molecule has 1 amide bonds. The van der Waals surface area contributed by atoms with Gasteiger partial charge in [-0.05, 0) is 41.8 Å². The molecule has 10 heteroatoms. The Bertz CT molecular complexity index is 1650. The summed E-state index contributed by atoms with van der Waals surface area (Å²) in [6, 6.07) is 18.6. The van der Waals surface area contributed by atoms with E-state index in [1.165, 1.54) is 10.9 Å². The Balaban J connectivity index is 1.39. The predicted molar refractivity (Wildman–Crippen MR) is 147 cm³/mol. The van der Waals surface area contributed by atoms with Gasteiger partial charge in [-0.15, -0.1) is 0 Å². The first-order valence-electron chi connectivity index (χ1n) is 12.6. The third-order valence-electron chi connectivity index (χ3n) is 6.42. The number of nitrogens with zero attached hydrogens (tertiary/aromatic N) is 6. The van der Waals surface area contributed by atoms with Crippen LogP contribution in [0.1, 0.15) is 20.8 Å². The van der Waals surface area contributed by atoms with Crippen molar-refractivity contribution in [2.75, 3.05) is 18.8 Å². The number of amides is 1. The van der Waals surface area contributed by atoms with Crippen LogP contribution in [0, 0.1) is 22.7 Å². The van der Waals surface area contributed by atoms with Crippen LogP contribution >= 0.6 is 0 Å². The van der Waals surface area contributed by atoms with Crippen LogP contribution < -0.4 is 16.2 Å². The molecule has 2 aromatic carbocycles. The van der Waals surface area contributed by atoms with Crippen LogP contribution in [0.4, 0.5) is 5.82 Å². The van der Waals surface area contributed by atoms with Gasteiger partial charge in [-0.25, -0.2) is 14.8 Å². The maximum Gasteiger partial charge on any atom is 0.335 e. The number of nitrogen functional groups attached to an aromatic ring is 1. The minimum Gasteiger partial charge on any atom is -0.457 e. The summed E-state index contributed by atoms with van der Waals surface area (Å²) in [5.41, 5.74) is 7.20. The average Bonchev–Trinajstić information content (AvgIpc) is 3.17. The molecular formula is C29H29N7O3. The quantitative estimate of drug-likeness (QED) is 0.299. The highest BCUT2D eigenvalue weighted by Gasteiger charge is 2.34. The maximum absolute atomic E-state index is 13.7. The van der Waals surface area contributed by atoms with Crippen molar-refractivity contribution in [3.8, 4) is 23.3 Å². The van der Waals surface area contributed by atoms with Crippen LogP contribution in [-0.4, -0.2) is 43.0 Å². The topological polar surface area (TPSA) is 132 Å². The lowest BCUT2D eigenvalue weighted by atomic mass is 9.92. The van der Waals surface area contributed by atoms with E-state index in [0.29, 0.717) is 48.0 Å². The Hall–Kier alpha value is -4.91. The van der Waals surface area contributed by atoms with Gasteiger partial charge in [0.25, 0.3) is 5.91 Å². The summed E-state index contributed by atoms with van der Waals surface area (Å²) in [5.74, 6) is 1.26. The van der Waals surface area contributed by atoms with Crippen molar-refractivity contribution in [1.29, 1.82) is 5.26 Å². The summed E-state index contributed by atoms with van der Waals surface area (Å²) in [6.45, 7) is 7.05. The van der Waals surface area contributed by atoms with Crippen molar-refractivity contribution in [2.24, 2.45) is 11.3 Å². The van der Waals surface area contributed by atoms with Crippen LogP contribution in [-0.2, 0) is 11.3 Å². The zero-order valence-corrected chi connectivity index (χ0v) is 22.0. The minimum atomic E-state index is -0.302. The van der Waals surface area contributed by atoms with E-state index >= 15 is 0 Å². The van der Waals surface area contributed by atoms with Gasteiger partial charge in [-0.2, -0.15) is 5.26 Å². The highest BCUT2D eigenvalue weighted by atomic mass is 16.5.